The molecule has 0 radical (unpaired) electrons. The van der Waals surface area contributed by atoms with Crippen molar-refractivity contribution in [3.8, 4) is 0 Å². The predicted octanol–water partition coefficient (Wildman–Crippen LogP) is 1.81. The first-order chi connectivity index (χ1) is 7.81. The van der Waals surface area contributed by atoms with Gasteiger partial charge in [0, 0.05) is 12.2 Å². The first kappa shape index (κ1) is 11.6. The highest BCUT2D eigenvalue weighted by molar-refractivity contribution is 5.08. The average Bonchev–Trinajstić information content (AvgIpc) is 2.39. The Morgan fingerprint density at radius 3 is 2.75 bits per heavy atom. The maximum Gasteiger partial charge on any atom is 0.0572 e. The lowest BCUT2D eigenvalue weighted by Gasteiger charge is -2.35. The van der Waals surface area contributed by atoms with E-state index in [1.807, 2.05) is 12.3 Å². The standard InChI is InChI=1S/C13H21N3/c1-11(13-4-2-3-7-15-13)16-8-5-12(10-14)6-9-16/h2-4,7,11-12H,5-6,8-10,14H2,1H3. The summed E-state index contributed by atoms with van der Waals surface area (Å²) in [7, 11) is 0. The molecular weight excluding hydrogens is 198 g/mol. The van der Waals surface area contributed by atoms with Crippen LogP contribution in [0.25, 0.3) is 0 Å². The number of piperidine rings is 1. The van der Waals surface area contributed by atoms with Gasteiger partial charge in [-0.3, -0.25) is 9.88 Å². The maximum absolute atomic E-state index is 5.71. The van der Waals surface area contributed by atoms with Gasteiger partial charge in [-0.05, 0) is 57.5 Å². The fraction of sp³-hybridized carbons (Fsp3) is 0.615. The SMILES string of the molecule is CC(c1ccccn1)N1CCC(CN)CC1. The van der Waals surface area contributed by atoms with Crippen LogP contribution >= 0.6 is 0 Å². The summed E-state index contributed by atoms with van der Waals surface area (Å²) in [6.07, 6.45) is 4.33. The molecule has 3 nitrogen and oxygen atoms in total. The van der Waals surface area contributed by atoms with Crippen molar-refractivity contribution in [3.63, 3.8) is 0 Å². The van der Waals surface area contributed by atoms with Gasteiger partial charge in [0.25, 0.3) is 0 Å². The van der Waals surface area contributed by atoms with Crippen molar-refractivity contribution < 1.29 is 0 Å². The van der Waals surface area contributed by atoms with Crippen LogP contribution in [0.15, 0.2) is 24.4 Å². The van der Waals surface area contributed by atoms with E-state index in [4.69, 9.17) is 5.73 Å². The van der Waals surface area contributed by atoms with Gasteiger partial charge in [0.15, 0.2) is 0 Å². The molecule has 0 bridgehead atoms. The zero-order valence-corrected chi connectivity index (χ0v) is 9.97. The Hall–Kier alpha value is -0.930. The highest BCUT2D eigenvalue weighted by Gasteiger charge is 2.22. The van der Waals surface area contributed by atoms with Gasteiger partial charge in [-0.15, -0.1) is 0 Å². The second-order valence-electron chi connectivity index (χ2n) is 4.65. The summed E-state index contributed by atoms with van der Waals surface area (Å²) in [5, 5.41) is 0. The molecule has 3 heteroatoms. The third-order valence-electron chi connectivity index (χ3n) is 3.65. The molecule has 1 unspecified atom stereocenters. The van der Waals surface area contributed by atoms with Gasteiger partial charge in [0.1, 0.15) is 0 Å². The Morgan fingerprint density at radius 1 is 1.44 bits per heavy atom. The van der Waals surface area contributed by atoms with Crippen molar-refractivity contribution >= 4 is 0 Å². The molecule has 88 valence electrons. The molecule has 1 aromatic heterocycles. The van der Waals surface area contributed by atoms with E-state index in [1.54, 1.807) is 0 Å². The zero-order chi connectivity index (χ0) is 11.4. The van der Waals surface area contributed by atoms with Crippen LogP contribution in [-0.4, -0.2) is 29.5 Å². The van der Waals surface area contributed by atoms with E-state index in [-0.39, 0.29) is 0 Å². The fourth-order valence-corrected chi connectivity index (χ4v) is 2.39. The minimum absolute atomic E-state index is 0.430. The van der Waals surface area contributed by atoms with Gasteiger partial charge in [-0.2, -0.15) is 0 Å². The van der Waals surface area contributed by atoms with Crippen LogP contribution in [0, 0.1) is 5.92 Å². The van der Waals surface area contributed by atoms with Crippen LogP contribution in [0.4, 0.5) is 0 Å². The molecule has 0 spiro atoms. The van der Waals surface area contributed by atoms with E-state index >= 15 is 0 Å². The summed E-state index contributed by atoms with van der Waals surface area (Å²) in [5.74, 6) is 0.729. The normalized spacial score (nSPS) is 20.9. The van der Waals surface area contributed by atoms with Crippen molar-refractivity contribution in [1.82, 2.24) is 9.88 Å². The maximum atomic E-state index is 5.71. The Morgan fingerprint density at radius 2 is 2.19 bits per heavy atom. The van der Waals surface area contributed by atoms with Gasteiger partial charge in [0.05, 0.1) is 5.69 Å². The summed E-state index contributed by atoms with van der Waals surface area (Å²) in [6, 6.07) is 6.57. The van der Waals surface area contributed by atoms with Gasteiger partial charge in [-0.1, -0.05) is 6.07 Å². The summed E-state index contributed by atoms with van der Waals surface area (Å²) in [5.41, 5.74) is 6.88. The molecule has 1 aromatic rings. The van der Waals surface area contributed by atoms with Crippen LogP contribution in [0.2, 0.25) is 0 Å². The van der Waals surface area contributed by atoms with Crippen LogP contribution in [0.5, 0.6) is 0 Å². The number of likely N-dealkylation sites (tertiary alicyclic amines) is 1. The van der Waals surface area contributed by atoms with Crippen molar-refractivity contribution in [2.75, 3.05) is 19.6 Å². The van der Waals surface area contributed by atoms with Crippen molar-refractivity contribution in [3.05, 3.63) is 30.1 Å². The van der Waals surface area contributed by atoms with E-state index in [1.165, 1.54) is 18.5 Å². The molecule has 0 aromatic carbocycles. The number of pyridine rings is 1. The van der Waals surface area contributed by atoms with Crippen LogP contribution in [-0.2, 0) is 0 Å². The second kappa shape index (κ2) is 5.41. The molecule has 0 amide bonds. The average molecular weight is 219 g/mol. The van der Waals surface area contributed by atoms with E-state index in [0.717, 1.165) is 25.6 Å². The lowest BCUT2D eigenvalue weighted by atomic mass is 9.95. The highest BCUT2D eigenvalue weighted by atomic mass is 15.2. The Bertz CT molecular complexity index is 304. The molecule has 2 rings (SSSR count). The number of hydrogen-bond acceptors (Lipinski definition) is 3. The van der Waals surface area contributed by atoms with Crippen molar-refractivity contribution in [1.29, 1.82) is 0 Å². The van der Waals surface area contributed by atoms with Gasteiger partial charge in [-0.25, -0.2) is 0 Å². The minimum Gasteiger partial charge on any atom is -0.330 e. The number of nitrogens with two attached hydrogens (primary N) is 1. The topological polar surface area (TPSA) is 42.2 Å². The lowest BCUT2D eigenvalue weighted by Crippen LogP contribution is -2.37. The number of rotatable bonds is 3. The molecule has 1 aliphatic heterocycles. The molecular formula is C13H21N3. The van der Waals surface area contributed by atoms with Crippen molar-refractivity contribution in [2.24, 2.45) is 11.7 Å². The number of hydrogen-bond donors (Lipinski definition) is 1. The minimum atomic E-state index is 0.430. The van der Waals surface area contributed by atoms with E-state index in [9.17, 15) is 0 Å². The molecule has 16 heavy (non-hydrogen) atoms. The molecule has 2 heterocycles. The summed E-state index contributed by atoms with van der Waals surface area (Å²) < 4.78 is 0. The largest absolute Gasteiger partial charge is 0.330 e. The molecule has 1 saturated heterocycles. The highest BCUT2D eigenvalue weighted by Crippen LogP contribution is 2.24. The van der Waals surface area contributed by atoms with Crippen LogP contribution < -0.4 is 5.73 Å². The third-order valence-corrected chi connectivity index (χ3v) is 3.65. The molecule has 0 saturated carbocycles. The second-order valence-corrected chi connectivity index (χ2v) is 4.65. The van der Waals surface area contributed by atoms with Gasteiger partial charge in [0.2, 0.25) is 0 Å². The smallest absolute Gasteiger partial charge is 0.0572 e. The monoisotopic (exact) mass is 219 g/mol. The number of nitrogens with zero attached hydrogens (tertiary/aromatic N) is 2. The molecule has 0 aliphatic carbocycles. The quantitative estimate of drug-likeness (QED) is 0.843. The zero-order valence-electron chi connectivity index (χ0n) is 9.97. The third kappa shape index (κ3) is 2.60. The molecule has 1 aliphatic rings. The summed E-state index contributed by atoms with van der Waals surface area (Å²) >= 11 is 0. The molecule has 1 fully saturated rings. The Labute approximate surface area is 97.7 Å². The van der Waals surface area contributed by atoms with E-state index < -0.39 is 0 Å². The first-order valence-corrected chi connectivity index (χ1v) is 6.16. The van der Waals surface area contributed by atoms with Gasteiger partial charge < -0.3 is 5.73 Å². The lowest BCUT2D eigenvalue weighted by molar-refractivity contribution is 0.141. The molecule has 2 N–H and O–H groups in total. The van der Waals surface area contributed by atoms with Crippen LogP contribution in [0.3, 0.4) is 0 Å². The van der Waals surface area contributed by atoms with Crippen molar-refractivity contribution in [2.45, 2.75) is 25.8 Å². The molecule has 1 atom stereocenters. The predicted molar refractivity (Wildman–Crippen MR) is 66.0 cm³/mol. The fourth-order valence-electron chi connectivity index (χ4n) is 2.39. The summed E-state index contributed by atoms with van der Waals surface area (Å²) in [6.45, 7) is 5.39. The van der Waals surface area contributed by atoms with E-state index in [2.05, 4.69) is 28.9 Å². The summed E-state index contributed by atoms with van der Waals surface area (Å²) in [4.78, 5) is 6.94. The van der Waals surface area contributed by atoms with Gasteiger partial charge >= 0.3 is 0 Å². The van der Waals surface area contributed by atoms with Crippen LogP contribution in [0.1, 0.15) is 31.5 Å². The first-order valence-electron chi connectivity index (χ1n) is 6.16. The number of aromatic nitrogens is 1. The Kier molecular flexibility index (Phi) is 3.91. The van der Waals surface area contributed by atoms with E-state index in [0.29, 0.717) is 6.04 Å². The Balaban J connectivity index is 1.94.